The Labute approximate surface area is 162 Å². The molecule has 0 radical (unpaired) electrons. The lowest BCUT2D eigenvalue weighted by Crippen LogP contribution is -2.25. The molecule has 0 aliphatic rings. The van der Waals surface area contributed by atoms with Crippen LogP contribution in [-0.4, -0.2) is 37.5 Å². The van der Waals surface area contributed by atoms with Crippen LogP contribution in [0.15, 0.2) is 60.7 Å². The van der Waals surface area contributed by atoms with Gasteiger partial charge in [-0.05, 0) is 43.3 Å². The molecule has 0 aliphatic heterocycles. The zero-order chi connectivity index (χ0) is 20.3. The number of aromatic nitrogens is 1. The average molecular weight is 398 g/mol. The van der Waals surface area contributed by atoms with Crippen LogP contribution in [0.4, 0.5) is 5.69 Å². The van der Waals surface area contributed by atoms with Crippen LogP contribution >= 0.6 is 0 Å². The summed E-state index contributed by atoms with van der Waals surface area (Å²) < 4.78 is 30.0. The molecule has 28 heavy (non-hydrogen) atoms. The summed E-state index contributed by atoms with van der Waals surface area (Å²) in [6, 6.07) is 16.5. The summed E-state index contributed by atoms with van der Waals surface area (Å²) >= 11 is 0. The second kappa shape index (κ2) is 7.77. The van der Waals surface area contributed by atoms with Gasteiger partial charge in [0.1, 0.15) is 5.69 Å². The fourth-order valence-electron chi connectivity index (χ4n) is 2.61. The van der Waals surface area contributed by atoms with Crippen LogP contribution in [0.25, 0.3) is 10.9 Å². The van der Waals surface area contributed by atoms with Gasteiger partial charge < -0.3 is 4.74 Å². The number of rotatable bonds is 6. The van der Waals surface area contributed by atoms with E-state index in [9.17, 15) is 18.0 Å². The predicted molar refractivity (Wildman–Crippen MR) is 106 cm³/mol. The molecule has 0 fully saturated rings. The number of carbonyl (C=O) groups excluding carboxylic acids is 2. The lowest BCUT2D eigenvalue weighted by molar-refractivity contribution is 0.0313. The number of nitrogens with zero attached hydrogens (tertiary/aromatic N) is 1. The molecule has 144 valence electrons. The average Bonchev–Trinajstić information content (AvgIpc) is 2.66. The van der Waals surface area contributed by atoms with Crippen molar-refractivity contribution in [1.29, 1.82) is 0 Å². The van der Waals surface area contributed by atoms with E-state index in [1.54, 1.807) is 18.2 Å². The Morgan fingerprint density at radius 1 is 1.00 bits per heavy atom. The summed E-state index contributed by atoms with van der Waals surface area (Å²) in [5.74, 6) is -1.10. The Morgan fingerprint density at radius 3 is 2.36 bits per heavy atom. The van der Waals surface area contributed by atoms with Gasteiger partial charge in [-0.15, -0.1) is 0 Å². The predicted octanol–water partition coefficient (Wildman–Crippen LogP) is 3.03. The van der Waals surface area contributed by atoms with E-state index >= 15 is 0 Å². The first-order valence-electron chi connectivity index (χ1n) is 8.42. The zero-order valence-electron chi connectivity index (χ0n) is 15.2. The van der Waals surface area contributed by atoms with Crippen molar-refractivity contribution in [3.8, 4) is 0 Å². The first-order valence-corrected chi connectivity index (χ1v) is 10.3. The smallest absolute Gasteiger partial charge is 0.357 e. The van der Waals surface area contributed by atoms with Crippen LogP contribution in [0.1, 0.15) is 27.8 Å². The van der Waals surface area contributed by atoms with Crippen molar-refractivity contribution < 1.29 is 22.7 Å². The van der Waals surface area contributed by atoms with Crippen molar-refractivity contribution in [2.75, 3.05) is 11.0 Å². The standard InChI is InChI=1S/C20H18N2O5S/c1-13(19(23)15-7-10-16(11-8-15)22-28(2,25)26)27-20(24)18-12-9-14-5-3-4-6-17(14)21-18/h3-13,22H,1-2H3/t13-/m0/s1. The highest BCUT2D eigenvalue weighted by Gasteiger charge is 2.21. The van der Waals surface area contributed by atoms with Gasteiger partial charge in [-0.2, -0.15) is 0 Å². The topological polar surface area (TPSA) is 102 Å². The number of nitrogens with one attached hydrogen (secondary N) is 1. The number of anilines is 1. The molecule has 1 aromatic heterocycles. The quantitative estimate of drug-likeness (QED) is 0.506. The molecule has 0 saturated carbocycles. The fourth-order valence-corrected chi connectivity index (χ4v) is 3.17. The molecule has 0 saturated heterocycles. The second-order valence-electron chi connectivity index (χ2n) is 6.25. The number of sulfonamides is 1. The maximum atomic E-state index is 12.5. The molecule has 8 heteroatoms. The number of para-hydroxylation sites is 1. The summed E-state index contributed by atoms with van der Waals surface area (Å²) in [7, 11) is -3.40. The number of Topliss-reactive ketones (excluding diaryl/α,β-unsaturated/α-hetero) is 1. The van der Waals surface area contributed by atoms with E-state index in [0.29, 0.717) is 16.8 Å². The van der Waals surface area contributed by atoms with Gasteiger partial charge in [0.25, 0.3) is 0 Å². The van der Waals surface area contributed by atoms with Gasteiger partial charge in [0.2, 0.25) is 15.8 Å². The fraction of sp³-hybridized carbons (Fsp3) is 0.150. The van der Waals surface area contributed by atoms with Crippen LogP contribution in [0.2, 0.25) is 0 Å². The molecular formula is C20H18N2O5S. The third kappa shape index (κ3) is 4.72. The number of fused-ring (bicyclic) bond motifs is 1. The minimum atomic E-state index is -3.40. The number of hydrogen-bond acceptors (Lipinski definition) is 6. The Kier molecular flexibility index (Phi) is 5.41. The van der Waals surface area contributed by atoms with Crippen LogP contribution in [0.3, 0.4) is 0 Å². The highest BCUT2D eigenvalue weighted by Crippen LogP contribution is 2.16. The second-order valence-corrected chi connectivity index (χ2v) is 8.00. The van der Waals surface area contributed by atoms with E-state index in [1.165, 1.54) is 31.2 Å². The van der Waals surface area contributed by atoms with Crippen LogP contribution in [0.5, 0.6) is 0 Å². The van der Waals surface area contributed by atoms with E-state index in [1.807, 2.05) is 18.2 Å². The molecule has 0 amide bonds. The van der Waals surface area contributed by atoms with Crippen LogP contribution in [0, 0.1) is 0 Å². The minimum Gasteiger partial charge on any atom is -0.450 e. The molecule has 7 nitrogen and oxygen atoms in total. The zero-order valence-corrected chi connectivity index (χ0v) is 16.1. The molecule has 0 spiro atoms. The van der Waals surface area contributed by atoms with Gasteiger partial charge in [0, 0.05) is 16.6 Å². The van der Waals surface area contributed by atoms with Gasteiger partial charge in [0.15, 0.2) is 6.10 Å². The Morgan fingerprint density at radius 2 is 1.68 bits per heavy atom. The van der Waals surface area contributed by atoms with Gasteiger partial charge in [-0.3, -0.25) is 9.52 Å². The number of esters is 1. The van der Waals surface area contributed by atoms with Gasteiger partial charge in [0.05, 0.1) is 11.8 Å². The first kappa shape index (κ1) is 19.5. The Hall–Kier alpha value is -3.26. The molecule has 3 rings (SSSR count). The molecular weight excluding hydrogens is 380 g/mol. The highest BCUT2D eigenvalue weighted by atomic mass is 32.2. The number of benzene rings is 2. The van der Waals surface area contributed by atoms with Gasteiger partial charge in [-0.1, -0.05) is 24.3 Å². The summed E-state index contributed by atoms with van der Waals surface area (Å²) in [6.07, 6.45) is 0.0171. The third-order valence-electron chi connectivity index (χ3n) is 3.93. The molecule has 0 unspecified atom stereocenters. The molecule has 3 aromatic rings. The lowest BCUT2D eigenvalue weighted by Gasteiger charge is -2.13. The molecule has 2 aromatic carbocycles. The number of ether oxygens (including phenoxy) is 1. The van der Waals surface area contributed by atoms with Crippen molar-refractivity contribution in [2.24, 2.45) is 0 Å². The van der Waals surface area contributed by atoms with Gasteiger partial charge in [-0.25, -0.2) is 18.2 Å². The number of hydrogen-bond donors (Lipinski definition) is 1. The van der Waals surface area contributed by atoms with E-state index in [0.717, 1.165) is 11.6 Å². The first-order chi connectivity index (χ1) is 13.2. The lowest BCUT2D eigenvalue weighted by atomic mass is 10.1. The monoisotopic (exact) mass is 398 g/mol. The Bertz CT molecular complexity index is 1140. The molecule has 1 heterocycles. The number of pyridine rings is 1. The molecule has 1 N–H and O–H groups in total. The van der Waals surface area contributed by atoms with Crippen molar-refractivity contribution in [1.82, 2.24) is 4.98 Å². The number of ketones is 1. The number of carbonyl (C=O) groups is 2. The summed E-state index contributed by atoms with van der Waals surface area (Å²) in [5.41, 5.74) is 1.41. The van der Waals surface area contributed by atoms with E-state index in [-0.39, 0.29) is 5.69 Å². The minimum absolute atomic E-state index is 0.117. The van der Waals surface area contributed by atoms with Crippen molar-refractivity contribution in [2.45, 2.75) is 13.0 Å². The SMILES string of the molecule is C[C@H](OC(=O)c1ccc2ccccc2n1)C(=O)c1ccc(NS(C)(=O)=O)cc1. The third-order valence-corrected chi connectivity index (χ3v) is 4.54. The highest BCUT2D eigenvalue weighted by molar-refractivity contribution is 7.92. The molecule has 0 aliphatic carbocycles. The van der Waals surface area contributed by atoms with Crippen LogP contribution in [-0.2, 0) is 14.8 Å². The van der Waals surface area contributed by atoms with Crippen molar-refractivity contribution in [3.63, 3.8) is 0 Å². The van der Waals surface area contributed by atoms with E-state index < -0.39 is 27.9 Å². The normalized spacial score (nSPS) is 12.4. The van der Waals surface area contributed by atoms with Crippen molar-refractivity contribution in [3.05, 3.63) is 71.9 Å². The van der Waals surface area contributed by atoms with E-state index in [4.69, 9.17) is 4.74 Å². The molecule has 0 bridgehead atoms. The van der Waals surface area contributed by atoms with Gasteiger partial charge >= 0.3 is 5.97 Å². The summed E-state index contributed by atoms with van der Waals surface area (Å²) in [4.78, 5) is 29.1. The Balaban J connectivity index is 1.69. The largest absolute Gasteiger partial charge is 0.450 e. The maximum Gasteiger partial charge on any atom is 0.357 e. The molecule has 1 atom stereocenters. The van der Waals surface area contributed by atoms with Crippen LogP contribution < -0.4 is 4.72 Å². The van der Waals surface area contributed by atoms with Crippen molar-refractivity contribution >= 4 is 38.4 Å². The summed E-state index contributed by atoms with van der Waals surface area (Å²) in [5, 5.41) is 0.894. The summed E-state index contributed by atoms with van der Waals surface area (Å²) in [6.45, 7) is 1.48. The maximum absolute atomic E-state index is 12.5. The van der Waals surface area contributed by atoms with E-state index in [2.05, 4.69) is 9.71 Å².